The lowest BCUT2D eigenvalue weighted by atomic mass is 10.3. The van der Waals surface area contributed by atoms with Crippen LogP contribution in [-0.2, 0) is 16.4 Å². The van der Waals surface area contributed by atoms with E-state index in [4.69, 9.17) is 4.42 Å². The first-order valence-corrected chi connectivity index (χ1v) is 9.30. The maximum atomic E-state index is 11.2. The molecule has 1 N–H and O–H groups in total. The molecule has 0 saturated carbocycles. The third kappa shape index (κ3) is 3.89. The van der Waals surface area contributed by atoms with E-state index in [1.54, 1.807) is 16.9 Å². The van der Waals surface area contributed by atoms with Crippen molar-refractivity contribution < 1.29 is 12.8 Å². The monoisotopic (exact) mass is 334 g/mol. The highest BCUT2D eigenvalue weighted by molar-refractivity contribution is 7.90. The maximum Gasteiger partial charge on any atom is 0.217 e. The Balaban J connectivity index is 1.68. The Morgan fingerprint density at radius 1 is 1.30 bits per heavy atom. The second kappa shape index (κ2) is 6.04. The molecule has 3 rings (SSSR count). The largest absolute Gasteiger partial charge is 0.438 e. The first-order valence-electron chi connectivity index (χ1n) is 7.24. The fraction of sp³-hybridized carbons (Fsp3) is 0.333. The van der Waals surface area contributed by atoms with Gasteiger partial charge in [0.1, 0.15) is 27.2 Å². The average molecular weight is 334 g/mol. The summed E-state index contributed by atoms with van der Waals surface area (Å²) in [5.41, 5.74) is 1.56. The molecule has 0 amide bonds. The Kier molecular flexibility index (Phi) is 4.08. The maximum absolute atomic E-state index is 11.2. The summed E-state index contributed by atoms with van der Waals surface area (Å²) >= 11 is 0. The molecule has 0 unspecified atom stereocenters. The Hall–Kier alpha value is -2.35. The number of para-hydroxylation sites is 2. The fourth-order valence-electron chi connectivity index (χ4n) is 2.18. The number of anilines is 1. The van der Waals surface area contributed by atoms with Crippen LogP contribution in [0.5, 0.6) is 0 Å². The van der Waals surface area contributed by atoms with Gasteiger partial charge in [0.2, 0.25) is 5.89 Å². The van der Waals surface area contributed by atoms with E-state index in [1.165, 1.54) is 6.26 Å². The number of aromatic nitrogens is 3. The van der Waals surface area contributed by atoms with Crippen LogP contribution in [0.1, 0.15) is 18.9 Å². The molecule has 2 aromatic heterocycles. The van der Waals surface area contributed by atoms with E-state index in [2.05, 4.69) is 15.4 Å². The molecule has 0 aliphatic carbocycles. The van der Waals surface area contributed by atoms with Gasteiger partial charge in [-0.05, 0) is 19.1 Å². The van der Waals surface area contributed by atoms with Gasteiger partial charge >= 0.3 is 0 Å². The predicted octanol–water partition coefficient (Wildman–Crippen LogP) is 2.24. The van der Waals surface area contributed by atoms with Crippen molar-refractivity contribution in [2.24, 2.45) is 0 Å². The van der Waals surface area contributed by atoms with E-state index in [-0.39, 0.29) is 11.8 Å². The minimum atomic E-state index is -3.00. The molecule has 0 aliphatic rings. The van der Waals surface area contributed by atoms with E-state index in [1.807, 2.05) is 31.2 Å². The van der Waals surface area contributed by atoms with Crippen molar-refractivity contribution in [1.29, 1.82) is 0 Å². The molecule has 0 aliphatic heterocycles. The Labute approximate surface area is 134 Å². The minimum Gasteiger partial charge on any atom is -0.438 e. The summed E-state index contributed by atoms with van der Waals surface area (Å²) in [6.07, 6.45) is 2.96. The van der Waals surface area contributed by atoms with Gasteiger partial charge in [0, 0.05) is 18.5 Å². The van der Waals surface area contributed by atoms with E-state index < -0.39 is 9.84 Å². The molecule has 7 nitrogen and oxygen atoms in total. The lowest BCUT2D eigenvalue weighted by Gasteiger charge is -2.08. The van der Waals surface area contributed by atoms with Crippen LogP contribution < -0.4 is 5.32 Å². The Morgan fingerprint density at radius 2 is 2.09 bits per heavy atom. The first-order chi connectivity index (χ1) is 10.9. The van der Waals surface area contributed by atoms with Crippen LogP contribution in [0.15, 0.2) is 40.9 Å². The van der Waals surface area contributed by atoms with Crippen molar-refractivity contribution in [1.82, 2.24) is 14.8 Å². The second-order valence-electron chi connectivity index (χ2n) is 5.48. The number of sulfone groups is 1. The Morgan fingerprint density at radius 3 is 2.83 bits per heavy atom. The van der Waals surface area contributed by atoms with Crippen LogP contribution >= 0.6 is 0 Å². The molecule has 0 radical (unpaired) electrons. The molecule has 122 valence electrons. The van der Waals surface area contributed by atoms with E-state index in [0.29, 0.717) is 18.3 Å². The SMILES string of the molecule is C[C@@H](Nc1ccn(CCS(C)(=O)=O)n1)c1nc2ccccc2o1. The number of aryl methyl sites for hydroxylation is 1. The number of rotatable bonds is 6. The fourth-order valence-corrected chi connectivity index (χ4v) is 2.70. The van der Waals surface area contributed by atoms with Gasteiger partial charge in [-0.1, -0.05) is 12.1 Å². The lowest BCUT2D eigenvalue weighted by Crippen LogP contribution is -2.12. The number of oxazole rings is 1. The minimum absolute atomic E-state index is 0.0643. The molecular weight excluding hydrogens is 316 g/mol. The summed E-state index contributed by atoms with van der Waals surface area (Å²) in [6, 6.07) is 9.23. The van der Waals surface area contributed by atoms with Crippen molar-refractivity contribution in [2.45, 2.75) is 19.5 Å². The highest BCUT2D eigenvalue weighted by Crippen LogP contribution is 2.22. The number of nitrogens with one attached hydrogen (secondary N) is 1. The Bertz CT molecular complexity index is 881. The van der Waals surface area contributed by atoms with Crippen molar-refractivity contribution in [2.75, 3.05) is 17.3 Å². The van der Waals surface area contributed by atoms with E-state index in [0.717, 1.165) is 11.1 Å². The summed E-state index contributed by atoms with van der Waals surface area (Å²) in [5.74, 6) is 1.29. The quantitative estimate of drug-likeness (QED) is 0.743. The van der Waals surface area contributed by atoms with E-state index in [9.17, 15) is 8.42 Å². The van der Waals surface area contributed by atoms with Gasteiger partial charge in [-0.15, -0.1) is 0 Å². The summed E-state index contributed by atoms with van der Waals surface area (Å²) in [5, 5.41) is 7.50. The van der Waals surface area contributed by atoms with Gasteiger partial charge in [0.25, 0.3) is 0 Å². The van der Waals surface area contributed by atoms with Gasteiger partial charge in [0.05, 0.1) is 12.3 Å². The zero-order valence-electron chi connectivity index (χ0n) is 12.9. The smallest absolute Gasteiger partial charge is 0.217 e. The zero-order valence-corrected chi connectivity index (χ0v) is 13.7. The van der Waals surface area contributed by atoms with Gasteiger partial charge in [-0.2, -0.15) is 5.10 Å². The van der Waals surface area contributed by atoms with E-state index >= 15 is 0 Å². The summed E-state index contributed by atoms with van der Waals surface area (Å²) in [4.78, 5) is 4.44. The second-order valence-corrected chi connectivity index (χ2v) is 7.74. The molecule has 0 bridgehead atoms. The number of benzene rings is 1. The lowest BCUT2D eigenvalue weighted by molar-refractivity contribution is 0.505. The first kappa shape index (κ1) is 15.5. The highest BCUT2D eigenvalue weighted by Gasteiger charge is 2.14. The average Bonchev–Trinajstić information content (AvgIpc) is 3.10. The van der Waals surface area contributed by atoms with Crippen molar-refractivity contribution in [3.05, 3.63) is 42.4 Å². The van der Waals surface area contributed by atoms with Gasteiger partial charge in [-0.25, -0.2) is 13.4 Å². The molecule has 2 heterocycles. The molecule has 23 heavy (non-hydrogen) atoms. The number of hydrogen-bond donors (Lipinski definition) is 1. The third-order valence-electron chi connectivity index (χ3n) is 3.38. The topological polar surface area (TPSA) is 90.0 Å². The van der Waals surface area contributed by atoms with Crippen LogP contribution in [-0.4, -0.2) is 35.2 Å². The van der Waals surface area contributed by atoms with Crippen molar-refractivity contribution in [3.8, 4) is 0 Å². The van der Waals surface area contributed by atoms with Crippen LogP contribution in [0.3, 0.4) is 0 Å². The molecule has 8 heteroatoms. The molecule has 0 spiro atoms. The van der Waals surface area contributed by atoms with Crippen LogP contribution in [0.25, 0.3) is 11.1 Å². The van der Waals surface area contributed by atoms with Crippen molar-refractivity contribution >= 4 is 26.8 Å². The zero-order chi connectivity index (χ0) is 16.4. The summed E-state index contributed by atoms with van der Waals surface area (Å²) in [7, 11) is -3.00. The standard InChI is InChI=1S/C15H18N4O3S/c1-11(15-17-12-5-3-4-6-13(12)22-15)16-14-7-8-19(18-14)9-10-23(2,20)21/h3-8,11H,9-10H2,1-2H3,(H,16,18)/t11-/m1/s1. The summed E-state index contributed by atoms with van der Waals surface area (Å²) in [6.45, 7) is 2.26. The number of nitrogens with zero attached hydrogens (tertiary/aromatic N) is 3. The third-order valence-corrected chi connectivity index (χ3v) is 4.30. The van der Waals surface area contributed by atoms with Crippen LogP contribution in [0.2, 0.25) is 0 Å². The molecule has 0 saturated heterocycles. The molecule has 1 aromatic carbocycles. The number of hydrogen-bond acceptors (Lipinski definition) is 6. The van der Waals surface area contributed by atoms with Gasteiger partial charge in [0.15, 0.2) is 5.58 Å². The van der Waals surface area contributed by atoms with Crippen molar-refractivity contribution in [3.63, 3.8) is 0 Å². The van der Waals surface area contributed by atoms with Crippen LogP contribution in [0.4, 0.5) is 5.82 Å². The highest BCUT2D eigenvalue weighted by atomic mass is 32.2. The number of fused-ring (bicyclic) bond motifs is 1. The normalized spacial score (nSPS) is 13.3. The van der Waals surface area contributed by atoms with Crippen LogP contribution in [0, 0.1) is 0 Å². The molecular formula is C15H18N4O3S. The van der Waals surface area contributed by atoms with Gasteiger partial charge < -0.3 is 9.73 Å². The molecule has 1 atom stereocenters. The predicted molar refractivity (Wildman–Crippen MR) is 88.0 cm³/mol. The molecule has 3 aromatic rings. The summed E-state index contributed by atoms with van der Waals surface area (Å²) < 4.78 is 29.7. The van der Waals surface area contributed by atoms with Gasteiger partial charge in [-0.3, -0.25) is 4.68 Å². The molecule has 0 fully saturated rings.